The highest BCUT2D eigenvalue weighted by Gasteiger charge is 2.51. The third kappa shape index (κ3) is 3.47. The molecule has 0 aliphatic carbocycles. The molecule has 0 spiro atoms. The number of carbonyl (C=O) groups excluding carboxylic acids is 1. The van der Waals surface area contributed by atoms with Gasteiger partial charge in [0.1, 0.15) is 16.3 Å². The molecule has 0 unspecified atom stereocenters. The second-order valence-electron chi connectivity index (χ2n) is 7.29. The first-order valence-electron chi connectivity index (χ1n) is 7.91. The third-order valence-electron chi connectivity index (χ3n) is 4.25. The van der Waals surface area contributed by atoms with Crippen molar-refractivity contribution in [3.8, 4) is 0 Å². The zero-order valence-corrected chi connectivity index (χ0v) is 16.7. The summed E-state index contributed by atoms with van der Waals surface area (Å²) >= 11 is 3.22. The summed E-state index contributed by atoms with van der Waals surface area (Å²) in [6, 6.07) is 0.992. The number of ether oxygens (including phenoxy) is 1. The minimum Gasteiger partial charge on any atom is -0.444 e. The number of halogens is 1. The molecule has 2 bridgehead atoms. The monoisotopic (exact) mass is 432 g/mol. The molecule has 1 amide bonds. The van der Waals surface area contributed by atoms with Crippen LogP contribution >= 0.6 is 15.9 Å². The van der Waals surface area contributed by atoms with Crippen LogP contribution in [0.4, 0.5) is 10.6 Å². The van der Waals surface area contributed by atoms with Gasteiger partial charge in [0, 0.05) is 29.8 Å². The molecule has 0 saturated carbocycles. The van der Waals surface area contributed by atoms with Gasteiger partial charge in [0.2, 0.25) is 10.0 Å². The van der Waals surface area contributed by atoms with Gasteiger partial charge in [-0.25, -0.2) is 18.2 Å². The number of sulfonamides is 1. The Morgan fingerprint density at radius 3 is 2.60 bits per heavy atom. The van der Waals surface area contributed by atoms with E-state index in [0.29, 0.717) is 17.4 Å². The Hall–Kier alpha value is -1.39. The van der Waals surface area contributed by atoms with Crippen LogP contribution in [0, 0.1) is 0 Å². The molecule has 138 valence electrons. The predicted molar refractivity (Wildman–Crippen MR) is 95.4 cm³/mol. The Labute approximate surface area is 155 Å². The quantitative estimate of drug-likeness (QED) is 0.763. The Kier molecular flexibility index (Phi) is 4.49. The van der Waals surface area contributed by atoms with E-state index in [2.05, 4.69) is 20.9 Å². The fourth-order valence-electron chi connectivity index (χ4n) is 3.23. The number of rotatable bonds is 2. The van der Waals surface area contributed by atoms with Gasteiger partial charge in [0.05, 0.1) is 6.04 Å². The number of fused-ring (bicyclic) bond motifs is 2. The van der Waals surface area contributed by atoms with Gasteiger partial charge in [0.15, 0.2) is 0 Å². The van der Waals surface area contributed by atoms with Crippen molar-refractivity contribution in [3.63, 3.8) is 0 Å². The van der Waals surface area contributed by atoms with Crippen molar-refractivity contribution < 1.29 is 17.9 Å². The van der Waals surface area contributed by atoms with Crippen molar-refractivity contribution in [2.24, 2.45) is 0 Å². The van der Waals surface area contributed by atoms with Crippen LogP contribution in [0.15, 0.2) is 21.6 Å². The number of anilines is 1. The summed E-state index contributed by atoms with van der Waals surface area (Å²) in [6.07, 6.45) is 1.65. The summed E-state index contributed by atoms with van der Waals surface area (Å²) in [5, 5.41) is 0. The average molecular weight is 433 g/mol. The number of nitrogens with zero attached hydrogens (tertiary/aromatic N) is 3. The summed E-state index contributed by atoms with van der Waals surface area (Å²) < 4.78 is 33.3. The molecule has 2 fully saturated rings. The number of nitrogens with two attached hydrogens (primary N) is 1. The topological polar surface area (TPSA) is 106 Å². The Balaban J connectivity index is 1.78. The Morgan fingerprint density at radius 1 is 1.36 bits per heavy atom. The molecule has 2 N–H and O–H groups in total. The smallest absolute Gasteiger partial charge is 0.410 e. The predicted octanol–water partition coefficient (Wildman–Crippen LogP) is 1.81. The number of carbonyl (C=O) groups is 1. The SMILES string of the molecule is CC(C)(C)OC(=O)N1C[C@@H]2C[C@H]1CN2S(=O)(=O)c1cc(Br)cnc1N. The molecule has 8 nitrogen and oxygen atoms in total. The molecule has 3 heterocycles. The summed E-state index contributed by atoms with van der Waals surface area (Å²) in [4.78, 5) is 17.8. The highest BCUT2D eigenvalue weighted by atomic mass is 79.9. The number of piperazine rings is 1. The lowest BCUT2D eigenvalue weighted by Gasteiger charge is -2.34. The molecule has 25 heavy (non-hydrogen) atoms. The van der Waals surface area contributed by atoms with Crippen molar-refractivity contribution in [2.75, 3.05) is 18.8 Å². The van der Waals surface area contributed by atoms with E-state index in [9.17, 15) is 13.2 Å². The first kappa shape index (κ1) is 18.4. The number of nitrogen functional groups attached to an aromatic ring is 1. The average Bonchev–Trinajstić information content (AvgIpc) is 3.08. The van der Waals surface area contributed by atoms with E-state index < -0.39 is 21.7 Å². The van der Waals surface area contributed by atoms with Crippen molar-refractivity contribution in [3.05, 3.63) is 16.7 Å². The van der Waals surface area contributed by atoms with Crippen molar-refractivity contribution in [1.29, 1.82) is 0 Å². The maximum absolute atomic E-state index is 13.0. The van der Waals surface area contributed by atoms with Crippen molar-refractivity contribution in [1.82, 2.24) is 14.2 Å². The van der Waals surface area contributed by atoms with E-state index in [4.69, 9.17) is 10.5 Å². The molecule has 2 atom stereocenters. The molecule has 2 aliphatic heterocycles. The number of aromatic nitrogens is 1. The molecule has 1 aromatic heterocycles. The lowest BCUT2D eigenvalue weighted by atomic mass is 10.2. The lowest BCUT2D eigenvalue weighted by molar-refractivity contribution is 0.0173. The van der Waals surface area contributed by atoms with Crippen LogP contribution in [0.1, 0.15) is 27.2 Å². The first-order chi connectivity index (χ1) is 11.5. The molecular weight excluding hydrogens is 412 g/mol. The second kappa shape index (κ2) is 6.10. The Bertz CT molecular complexity index is 808. The second-order valence-corrected chi connectivity index (χ2v) is 10.1. The van der Waals surface area contributed by atoms with E-state index in [1.54, 1.807) is 25.7 Å². The fraction of sp³-hybridized carbons (Fsp3) is 0.600. The van der Waals surface area contributed by atoms with Crippen LogP contribution in [0.25, 0.3) is 0 Å². The van der Waals surface area contributed by atoms with Crippen LogP contribution in [-0.2, 0) is 14.8 Å². The summed E-state index contributed by atoms with van der Waals surface area (Å²) in [7, 11) is -3.77. The maximum atomic E-state index is 13.0. The van der Waals surface area contributed by atoms with E-state index in [1.165, 1.54) is 16.6 Å². The summed E-state index contributed by atoms with van der Waals surface area (Å²) in [5.41, 5.74) is 5.18. The molecule has 0 aromatic carbocycles. The highest BCUT2D eigenvalue weighted by molar-refractivity contribution is 9.10. The fourth-order valence-corrected chi connectivity index (χ4v) is 5.48. The zero-order valence-electron chi connectivity index (χ0n) is 14.3. The van der Waals surface area contributed by atoms with E-state index >= 15 is 0 Å². The minimum atomic E-state index is -3.77. The van der Waals surface area contributed by atoms with Crippen LogP contribution in [0.5, 0.6) is 0 Å². The Morgan fingerprint density at radius 2 is 2.04 bits per heavy atom. The van der Waals surface area contributed by atoms with E-state index in [1.807, 2.05) is 0 Å². The molecule has 3 rings (SSSR count). The summed E-state index contributed by atoms with van der Waals surface area (Å²) in [6.45, 7) is 5.97. The molecular formula is C15H21BrN4O4S. The maximum Gasteiger partial charge on any atom is 0.410 e. The van der Waals surface area contributed by atoms with Gasteiger partial charge in [-0.15, -0.1) is 0 Å². The number of hydrogen-bond acceptors (Lipinski definition) is 6. The number of pyridine rings is 1. The van der Waals surface area contributed by atoms with Gasteiger partial charge in [-0.2, -0.15) is 4.31 Å². The lowest BCUT2D eigenvalue weighted by Crippen LogP contribution is -2.51. The van der Waals surface area contributed by atoms with Gasteiger partial charge in [-0.1, -0.05) is 0 Å². The molecule has 10 heteroatoms. The minimum absolute atomic E-state index is 0.0155. The van der Waals surface area contributed by atoms with Crippen LogP contribution in [0.3, 0.4) is 0 Å². The van der Waals surface area contributed by atoms with Crippen molar-refractivity contribution in [2.45, 2.75) is 49.8 Å². The van der Waals surface area contributed by atoms with Gasteiger partial charge < -0.3 is 15.4 Å². The first-order valence-corrected chi connectivity index (χ1v) is 10.1. The molecule has 1 aromatic rings. The van der Waals surface area contributed by atoms with Gasteiger partial charge >= 0.3 is 6.09 Å². The van der Waals surface area contributed by atoms with E-state index in [-0.39, 0.29) is 29.3 Å². The summed E-state index contributed by atoms with van der Waals surface area (Å²) in [5.74, 6) is -0.0324. The van der Waals surface area contributed by atoms with E-state index in [0.717, 1.165) is 0 Å². The largest absolute Gasteiger partial charge is 0.444 e. The van der Waals surface area contributed by atoms with Crippen LogP contribution in [-0.4, -0.2) is 59.5 Å². The normalized spacial score (nSPS) is 23.9. The number of amides is 1. The molecule has 2 saturated heterocycles. The van der Waals surface area contributed by atoms with Crippen LogP contribution in [0.2, 0.25) is 0 Å². The van der Waals surface area contributed by atoms with Gasteiger partial charge in [-0.3, -0.25) is 0 Å². The van der Waals surface area contributed by atoms with Gasteiger partial charge in [0.25, 0.3) is 0 Å². The number of hydrogen-bond donors (Lipinski definition) is 1. The number of likely N-dealkylation sites (tertiary alicyclic amines) is 1. The molecule has 0 radical (unpaired) electrons. The van der Waals surface area contributed by atoms with Crippen molar-refractivity contribution >= 4 is 37.9 Å². The molecule has 2 aliphatic rings. The highest BCUT2D eigenvalue weighted by Crippen LogP contribution is 2.37. The van der Waals surface area contributed by atoms with Gasteiger partial charge in [-0.05, 0) is 49.2 Å². The standard InChI is InChI=1S/C15H21BrN4O4S/c1-15(2,3)24-14(21)19-7-11-5-10(19)8-20(11)25(22,23)12-4-9(16)6-18-13(12)17/h4,6,10-11H,5,7-8H2,1-3H3,(H2,17,18)/t10-,11-/m0/s1. The van der Waals surface area contributed by atoms with Crippen LogP contribution < -0.4 is 5.73 Å². The zero-order chi connectivity index (χ0) is 18.6. The third-order valence-corrected chi connectivity index (χ3v) is 6.63.